The van der Waals surface area contributed by atoms with E-state index >= 15 is 0 Å². The Morgan fingerprint density at radius 2 is 1.86 bits per heavy atom. The molecule has 2 unspecified atom stereocenters. The second kappa shape index (κ2) is 6.85. The van der Waals surface area contributed by atoms with Crippen LogP contribution in [0.3, 0.4) is 0 Å². The van der Waals surface area contributed by atoms with Crippen LogP contribution in [-0.4, -0.2) is 46.3 Å². The number of Topliss-reactive ketones (excluding diaryl/α,β-unsaturated/α-hetero) is 1. The maximum atomic E-state index is 12.9. The van der Waals surface area contributed by atoms with E-state index in [-0.39, 0.29) is 17.6 Å². The van der Waals surface area contributed by atoms with Crippen molar-refractivity contribution in [1.29, 1.82) is 0 Å². The Kier molecular flexibility index (Phi) is 4.28. The molecule has 1 fully saturated rings. The first kappa shape index (κ1) is 18.1. The van der Waals surface area contributed by atoms with Crippen molar-refractivity contribution in [3.8, 4) is 0 Å². The van der Waals surface area contributed by atoms with E-state index in [1.54, 1.807) is 0 Å². The highest BCUT2D eigenvalue weighted by Gasteiger charge is 2.40. The van der Waals surface area contributed by atoms with Gasteiger partial charge in [-0.15, -0.1) is 0 Å². The molecule has 1 amide bonds. The number of benzene rings is 2. The summed E-state index contributed by atoms with van der Waals surface area (Å²) >= 11 is 0. The van der Waals surface area contributed by atoms with Gasteiger partial charge in [0.05, 0.1) is 12.6 Å². The molecule has 0 aliphatic carbocycles. The summed E-state index contributed by atoms with van der Waals surface area (Å²) in [7, 11) is 1.89. The van der Waals surface area contributed by atoms with E-state index < -0.39 is 0 Å². The number of fused-ring (bicyclic) bond motifs is 6. The number of nitrogens with zero attached hydrogens (tertiary/aromatic N) is 3. The number of carbonyl (C=O) groups is 2. The average molecular weight is 387 g/mol. The molecule has 3 aromatic rings. The third kappa shape index (κ3) is 2.88. The highest BCUT2D eigenvalue weighted by atomic mass is 16.2. The topological polar surface area (TPSA) is 45.6 Å². The van der Waals surface area contributed by atoms with Crippen LogP contribution in [0.4, 0.5) is 0 Å². The number of hydrogen-bond donors (Lipinski definition) is 0. The second-order valence-electron chi connectivity index (χ2n) is 8.18. The maximum absolute atomic E-state index is 12.9. The largest absolute Gasteiger partial charge is 0.339 e. The molecule has 29 heavy (non-hydrogen) atoms. The van der Waals surface area contributed by atoms with Crippen molar-refractivity contribution in [2.45, 2.75) is 32.4 Å². The van der Waals surface area contributed by atoms with Gasteiger partial charge < -0.3 is 9.47 Å². The molecular weight excluding hydrogens is 362 g/mol. The van der Waals surface area contributed by atoms with Gasteiger partial charge in [0.1, 0.15) is 0 Å². The van der Waals surface area contributed by atoms with Gasteiger partial charge in [0.2, 0.25) is 5.91 Å². The van der Waals surface area contributed by atoms with E-state index in [9.17, 15) is 9.59 Å². The van der Waals surface area contributed by atoms with E-state index in [2.05, 4.69) is 33.7 Å². The molecule has 5 rings (SSSR count). The van der Waals surface area contributed by atoms with Crippen LogP contribution in [0.1, 0.15) is 46.4 Å². The molecule has 2 aromatic carbocycles. The monoisotopic (exact) mass is 387 g/mol. The summed E-state index contributed by atoms with van der Waals surface area (Å²) in [6, 6.07) is 16.4. The molecule has 5 nitrogen and oxygen atoms in total. The van der Waals surface area contributed by atoms with Crippen molar-refractivity contribution < 1.29 is 9.59 Å². The zero-order chi connectivity index (χ0) is 20.1. The Bertz CT molecular complexity index is 1110. The molecule has 2 bridgehead atoms. The Labute approximate surface area is 170 Å². The Morgan fingerprint density at radius 3 is 2.62 bits per heavy atom. The quantitative estimate of drug-likeness (QED) is 0.643. The van der Waals surface area contributed by atoms with Gasteiger partial charge in [0.15, 0.2) is 5.78 Å². The van der Waals surface area contributed by atoms with Crippen LogP contribution in [-0.2, 0) is 17.9 Å². The van der Waals surface area contributed by atoms with Crippen molar-refractivity contribution in [2.24, 2.45) is 0 Å². The average Bonchev–Trinajstić information content (AvgIpc) is 3.05. The van der Waals surface area contributed by atoms with Crippen LogP contribution in [0.25, 0.3) is 10.9 Å². The van der Waals surface area contributed by atoms with Crippen molar-refractivity contribution in [3.05, 3.63) is 70.9 Å². The lowest BCUT2D eigenvalue weighted by atomic mass is 9.89. The van der Waals surface area contributed by atoms with Gasteiger partial charge in [-0.05, 0) is 17.2 Å². The number of ketones is 1. The maximum Gasteiger partial charge on any atom is 0.232 e. The molecule has 0 N–H and O–H groups in total. The minimum atomic E-state index is -0.0896. The minimum Gasteiger partial charge on any atom is -0.339 e. The Hall–Kier alpha value is -2.92. The number of amides is 1. The summed E-state index contributed by atoms with van der Waals surface area (Å²) in [5, 5.41) is 1.19. The van der Waals surface area contributed by atoms with E-state index in [0.29, 0.717) is 13.1 Å². The van der Waals surface area contributed by atoms with Crippen LogP contribution < -0.4 is 0 Å². The lowest BCUT2D eigenvalue weighted by Gasteiger charge is -2.42. The second-order valence-corrected chi connectivity index (χ2v) is 8.18. The zero-order valence-electron chi connectivity index (χ0n) is 16.9. The van der Waals surface area contributed by atoms with E-state index in [1.165, 1.54) is 22.2 Å². The van der Waals surface area contributed by atoms with Gasteiger partial charge in [-0.25, -0.2) is 0 Å². The number of carbonyl (C=O) groups excluding carboxylic acids is 2. The Balaban J connectivity index is 1.60. The number of likely N-dealkylation sites (N-methyl/N-ethyl adjacent to an activating group) is 1. The van der Waals surface area contributed by atoms with Gasteiger partial charge in [-0.1, -0.05) is 49.4 Å². The summed E-state index contributed by atoms with van der Waals surface area (Å²) in [5.41, 5.74) is 5.56. The molecule has 0 saturated carbocycles. The smallest absolute Gasteiger partial charge is 0.232 e. The summed E-state index contributed by atoms with van der Waals surface area (Å²) in [6.45, 7) is 4.97. The fourth-order valence-electron chi connectivity index (χ4n) is 4.88. The first-order chi connectivity index (χ1) is 14.1. The standard InChI is InChI=1S/C24H25N3O2/c1-3-22(28)17-10-8-16(9-11-17)12-27-20-7-5-4-6-18(20)23-19-13-26(14-21(23)27)15-25(2)24(19)29/h4-11,19H,3,12-15H2,1-2H3. The third-order valence-electron chi connectivity index (χ3n) is 6.31. The molecule has 2 aliphatic rings. The van der Waals surface area contributed by atoms with Crippen LogP contribution in [0, 0.1) is 0 Å². The minimum absolute atomic E-state index is 0.0896. The van der Waals surface area contributed by atoms with E-state index in [1.807, 2.05) is 43.1 Å². The van der Waals surface area contributed by atoms with Crippen molar-refractivity contribution >= 4 is 22.6 Å². The number of hydrogen-bond acceptors (Lipinski definition) is 3. The third-order valence-corrected chi connectivity index (χ3v) is 6.31. The van der Waals surface area contributed by atoms with Gasteiger partial charge in [0, 0.05) is 55.3 Å². The molecular formula is C24H25N3O2. The molecule has 0 spiro atoms. The fourth-order valence-corrected chi connectivity index (χ4v) is 4.88. The highest BCUT2D eigenvalue weighted by molar-refractivity contribution is 5.96. The molecule has 1 saturated heterocycles. The van der Waals surface area contributed by atoms with Gasteiger partial charge in [-0.2, -0.15) is 0 Å². The molecule has 148 valence electrons. The van der Waals surface area contributed by atoms with Crippen LogP contribution in [0.5, 0.6) is 0 Å². The summed E-state index contributed by atoms with van der Waals surface area (Å²) in [5.74, 6) is 0.296. The first-order valence-corrected chi connectivity index (χ1v) is 10.3. The van der Waals surface area contributed by atoms with Gasteiger partial charge in [-0.3, -0.25) is 14.5 Å². The molecule has 2 aliphatic heterocycles. The SMILES string of the molecule is CCC(=O)c1ccc(Cn2c3c(c4ccccc42)C2CN(C3)CN(C)C2=O)cc1. The van der Waals surface area contributed by atoms with Gasteiger partial charge >= 0.3 is 0 Å². The predicted molar refractivity (Wildman–Crippen MR) is 113 cm³/mol. The van der Waals surface area contributed by atoms with Crippen LogP contribution in [0.2, 0.25) is 0 Å². The van der Waals surface area contributed by atoms with Gasteiger partial charge in [0.25, 0.3) is 0 Å². The fraction of sp³-hybridized carbons (Fsp3) is 0.333. The summed E-state index contributed by atoms with van der Waals surface area (Å²) in [4.78, 5) is 29.0. The van der Waals surface area contributed by atoms with Crippen LogP contribution >= 0.6 is 0 Å². The van der Waals surface area contributed by atoms with Crippen LogP contribution in [0.15, 0.2) is 48.5 Å². The predicted octanol–water partition coefficient (Wildman–Crippen LogP) is 3.61. The summed E-state index contributed by atoms with van der Waals surface area (Å²) in [6.07, 6.45) is 0.523. The molecule has 1 aromatic heterocycles. The normalized spacial score (nSPS) is 20.8. The number of aromatic nitrogens is 1. The molecule has 5 heteroatoms. The summed E-state index contributed by atoms with van der Waals surface area (Å²) < 4.78 is 2.36. The highest BCUT2D eigenvalue weighted by Crippen LogP contribution is 2.40. The van der Waals surface area contributed by atoms with Crippen molar-refractivity contribution in [3.63, 3.8) is 0 Å². The van der Waals surface area contributed by atoms with Crippen molar-refractivity contribution in [2.75, 3.05) is 20.3 Å². The Morgan fingerprint density at radius 1 is 1.10 bits per heavy atom. The van der Waals surface area contributed by atoms with E-state index in [4.69, 9.17) is 0 Å². The lowest BCUT2D eigenvalue weighted by molar-refractivity contribution is -0.139. The van der Waals surface area contributed by atoms with Crippen molar-refractivity contribution in [1.82, 2.24) is 14.4 Å². The number of rotatable bonds is 4. The molecule has 0 radical (unpaired) electrons. The number of para-hydroxylation sites is 1. The van der Waals surface area contributed by atoms with E-state index in [0.717, 1.165) is 30.8 Å². The molecule has 3 heterocycles. The first-order valence-electron chi connectivity index (χ1n) is 10.3. The zero-order valence-corrected chi connectivity index (χ0v) is 16.9. The lowest BCUT2D eigenvalue weighted by Crippen LogP contribution is -2.52. The molecule has 2 atom stereocenters.